The Bertz CT molecular complexity index is 863. The van der Waals surface area contributed by atoms with Gasteiger partial charge in [0, 0.05) is 10.2 Å². The molecule has 128 valence electrons. The maximum absolute atomic E-state index is 12.9. The average molecular weight is 402 g/mol. The number of furan rings is 1. The Morgan fingerprint density at radius 2 is 2.00 bits per heavy atom. The molecular formula is C19H16BrNO4. The molecule has 1 aromatic heterocycles. The number of hydrogen-bond acceptors (Lipinski definition) is 4. The van der Waals surface area contributed by atoms with E-state index in [2.05, 4.69) is 15.9 Å². The lowest BCUT2D eigenvalue weighted by molar-refractivity contribution is -0.136. The first-order valence-electron chi connectivity index (χ1n) is 7.62. The van der Waals surface area contributed by atoms with Gasteiger partial charge in [-0.15, -0.1) is 0 Å². The van der Waals surface area contributed by atoms with E-state index >= 15 is 0 Å². The van der Waals surface area contributed by atoms with Gasteiger partial charge in [0.15, 0.2) is 0 Å². The van der Waals surface area contributed by atoms with Crippen LogP contribution in [0.15, 0.2) is 68.4 Å². The highest BCUT2D eigenvalue weighted by Gasteiger charge is 2.37. The molecule has 0 aliphatic carbocycles. The van der Waals surface area contributed by atoms with Crippen LogP contribution in [0, 0.1) is 0 Å². The standard InChI is InChI=1S/C19H16BrNO4/c1-12-17(19(23)24-2)16(10-13-5-7-14(20)8-6-13)18(22)21(12)11-15-4-3-9-25-15/h3-10H,11H2,1-2H3/b16-10-. The van der Waals surface area contributed by atoms with Gasteiger partial charge in [-0.3, -0.25) is 4.79 Å². The lowest BCUT2D eigenvalue weighted by Gasteiger charge is -2.16. The summed E-state index contributed by atoms with van der Waals surface area (Å²) in [6.45, 7) is 1.99. The third-order valence-corrected chi connectivity index (χ3v) is 4.50. The molecular weight excluding hydrogens is 386 g/mol. The number of hydrogen-bond donors (Lipinski definition) is 0. The number of nitrogens with zero attached hydrogens (tertiary/aromatic N) is 1. The highest BCUT2D eigenvalue weighted by atomic mass is 79.9. The zero-order valence-corrected chi connectivity index (χ0v) is 15.4. The number of carbonyl (C=O) groups excluding carboxylic acids is 2. The third kappa shape index (κ3) is 3.44. The fourth-order valence-corrected chi connectivity index (χ4v) is 2.97. The van der Waals surface area contributed by atoms with E-state index in [9.17, 15) is 9.59 Å². The molecule has 6 heteroatoms. The van der Waals surface area contributed by atoms with Gasteiger partial charge in [-0.25, -0.2) is 4.79 Å². The number of halogens is 1. The van der Waals surface area contributed by atoms with Crippen LogP contribution in [0.4, 0.5) is 0 Å². The van der Waals surface area contributed by atoms with Gasteiger partial charge >= 0.3 is 5.97 Å². The Balaban J connectivity index is 2.02. The van der Waals surface area contributed by atoms with E-state index in [1.165, 1.54) is 12.0 Å². The normalized spacial score (nSPS) is 16.0. The maximum atomic E-state index is 12.9. The first-order valence-corrected chi connectivity index (χ1v) is 8.41. The number of methoxy groups -OCH3 is 1. The zero-order chi connectivity index (χ0) is 18.0. The van der Waals surface area contributed by atoms with Crippen molar-refractivity contribution in [3.8, 4) is 0 Å². The number of carbonyl (C=O) groups is 2. The summed E-state index contributed by atoms with van der Waals surface area (Å²) in [5.74, 6) is -0.143. The molecule has 0 N–H and O–H groups in total. The van der Waals surface area contributed by atoms with Gasteiger partial charge in [-0.1, -0.05) is 28.1 Å². The Morgan fingerprint density at radius 3 is 2.60 bits per heavy atom. The van der Waals surface area contributed by atoms with Crippen molar-refractivity contribution in [3.63, 3.8) is 0 Å². The lowest BCUT2D eigenvalue weighted by atomic mass is 10.0. The van der Waals surface area contributed by atoms with E-state index in [1.54, 1.807) is 31.4 Å². The van der Waals surface area contributed by atoms with Crippen molar-refractivity contribution < 1.29 is 18.7 Å². The monoisotopic (exact) mass is 401 g/mol. The number of rotatable bonds is 4. The number of amides is 1. The van der Waals surface area contributed by atoms with Crippen molar-refractivity contribution in [1.82, 2.24) is 4.90 Å². The molecule has 0 saturated heterocycles. The molecule has 2 heterocycles. The van der Waals surface area contributed by atoms with E-state index < -0.39 is 5.97 Å². The first-order chi connectivity index (χ1) is 12.0. The molecule has 1 aliphatic rings. The molecule has 1 aromatic carbocycles. The van der Waals surface area contributed by atoms with Crippen LogP contribution in [0.2, 0.25) is 0 Å². The predicted octanol–water partition coefficient (Wildman–Crippen LogP) is 3.91. The van der Waals surface area contributed by atoms with E-state index in [1.807, 2.05) is 24.3 Å². The van der Waals surface area contributed by atoms with Crippen LogP contribution in [-0.2, 0) is 20.9 Å². The Morgan fingerprint density at radius 1 is 1.28 bits per heavy atom. The second-order valence-corrected chi connectivity index (χ2v) is 6.45. The van der Waals surface area contributed by atoms with Crippen molar-refractivity contribution >= 4 is 33.9 Å². The van der Waals surface area contributed by atoms with Gasteiger partial charge in [0.25, 0.3) is 5.91 Å². The van der Waals surface area contributed by atoms with Gasteiger partial charge in [-0.2, -0.15) is 0 Å². The molecule has 5 nitrogen and oxygen atoms in total. The van der Waals surface area contributed by atoms with Crippen LogP contribution in [0.3, 0.4) is 0 Å². The van der Waals surface area contributed by atoms with Crippen LogP contribution in [-0.4, -0.2) is 23.9 Å². The van der Waals surface area contributed by atoms with Crippen molar-refractivity contribution in [2.45, 2.75) is 13.5 Å². The van der Waals surface area contributed by atoms with Crippen molar-refractivity contribution in [3.05, 3.63) is 75.3 Å². The molecule has 25 heavy (non-hydrogen) atoms. The summed E-state index contributed by atoms with van der Waals surface area (Å²) in [4.78, 5) is 26.7. The van der Waals surface area contributed by atoms with E-state index in [0.717, 1.165) is 10.0 Å². The van der Waals surface area contributed by atoms with Gasteiger partial charge in [0.05, 0.1) is 31.1 Å². The summed E-state index contributed by atoms with van der Waals surface area (Å²) in [6, 6.07) is 11.0. The summed E-state index contributed by atoms with van der Waals surface area (Å²) in [7, 11) is 1.31. The van der Waals surface area contributed by atoms with Crippen molar-refractivity contribution in [1.29, 1.82) is 0 Å². The van der Waals surface area contributed by atoms with E-state index in [-0.39, 0.29) is 18.0 Å². The first kappa shape index (κ1) is 17.2. The minimum Gasteiger partial charge on any atom is -0.467 e. The molecule has 0 radical (unpaired) electrons. The van der Waals surface area contributed by atoms with Gasteiger partial charge in [0.2, 0.25) is 0 Å². The molecule has 1 amide bonds. The fraction of sp³-hybridized carbons (Fsp3) is 0.158. The number of ether oxygens (including phenoxy) is 1. The summed E-state index contributed by atoms with van der Waals surface area (Å²) < 4.78 is 11.1. The highest BCUT2D eigenvalue weighted by Crippen LogP contribution is 2.33. The zero-order valence-electron chi connectivity index (χ0n) is 13.8. The number of allylic oxidation sites excluding steroid dienone is 1. The summed E-state index contributed by atoms with van der Waals surface area (Å²) in [5, 5.41) is 0. The maximum Gasteiger partial charge on any atom is 0.340 e. The molecule has 2 aromatic rings. The predicted molar refractivity (Wildman–Crippen MR) is 96.1 cm³/mol. The van der Waals surface area contributed by atoms with E-state index in [0.29, 0.717) is 17.0 Å². The van der Waals surface area contributed by atoms with Crippen LogP contribution in [0.25, 0.3) is 6.08 Å². The highest BCUT2D eigenvalue weighted by molar-refractivity contribution is 9.10. The van der Waals surface area contributed by atoms with Gasteiger partial charge in [-0.05, 0) is 42.8 Å². The topological polar surface area (TPSA) is 59.8 Å². The van der Waals surface area contributed by atoms with Crippen LogP contribution < -0.4 is 0 Å². The second-order valence-electron chi connectivity index (χ2n) is 5.53. The third-order valence-electron chi connectivity index (χ3n) is 3.98. The average Bonchev–Trinajstić information content (AvgIpc) is 3.19. The molecule has 0 bridgehead atoms. The Kier molecular flexibility index (Phi) is 4.90. The molecule has 0 fully saturated rings. The number of esters is 1. The molecule has 0 unspecified atom stereocenters. The molecule has 0 atom stereocenters. The minimum absolute atomic E-state index is 0.253. The molecule has 0 saturated carbocycles. The Labute approximate surface area is 153 Å². The molecule has 1 aliphatic heterocycles. The minimum atomic E-state index is -0.531. The SMILES string of the molecule is COC(=O)C1=C(C)N(Cc2ccco2)C(=O)/C1=C\c1ccc(Br)cc1. The molecule has 0 spiro atoms. The smallest absolute Gasteiger partial charge is 0.340 e. The number of benzene rings is 1. The van der Waals surface area contributed by atoms with Crippen LogP contribution in [0.1, 0.15) is 18.2 Å². The fourth-order valence-electron chi connectivity index (χ4n) is 2.70. The van der Waals surface area contributed by atoms with Crippen LogP contribution >= 0.6 is 15.9 Å². The van der Waals surface area contributed by atoms with E-state index in [4.69, 9.17) is 9.15 Å². The summed E-state index contributed by atoms with van der Waals surface area (Å²) in [5.41, 5.74) is 1.97. The van der Waals surface area contributed by atoms with Gasteiger partial charge in [0.1, 0.15) is 5.76 Å². The van der Waals surface area contributed by atoms with Crippen molar-refractivity contribution in [2.75, 3.05) is 7.11 Å². The lowest BCUT2D eigenvalue weighted by Crippen LogP contribution is -2.24. The second kappa shape index (κ2) is 7.11. The quantitative estimate of drug-likeness (QED) is 0.575. The summed E-state index contributed by atoms with van der Waals surface area (Å²) in [6.07, 6.45) is 3.25. The Hall–Kier alpha value is -2.60. The van der Waals surface area contributed by atoms with Crippen molar-refractivity contribution in [2.24, 2.45) is 0 Å². The molecule has 3 rings (SSSR count). The largest absolute Gasteiger partial charge is 0.467 e. The van der Waals surface area contributed by atoms with Crippen LogP contribution in [0.5, 0.6) is 0 Å². The summed E-state index contributed by atoms with van der Waals surface area (Å²) >= 11 is 3.38. The van der Waals surface area contributed by atoms with Gasteiger partial charge < -0.3 is 14.1 Å².